The van der Waals surface area contributed by atoms with Crippen molar-refractivity contribution in [2.45, 2.75) is 25.4 Å². The molecule has 1 saturated heterocycles. The number of amides is 4. The molecule has 2 aromatic rings. The van der Waals surface area contributed by atoms with E-state index < -0.39 is 23.4 Å². The van der Waals surface area contributed by atoms with Crippen molar-refractivity contribution < 1.29 is 23.9 Å². The van der Waals surface area contributed by atoms with Crippen LogP contribution in [0.2, 0.25) is 0 Å². The second-order valence-electron chi connectivity index (χ2n) is 7.21. The fraction of sp³-hybridized carbons (Fsp3) is 0.286. The van der Waals surface area contributed by atoms with Gasteiger partial charge in [0.05, 0.1) is 6.04 Å². The number of urea groups is 1. The molecule has 2 aromatic carbocycles. The summed E-state index contributed by atoms with van der Waals surface area (Å²) in [7, 11) is 0. The van der Waals surface area contributed by atoms with E-state index in [4.69, 9.17) is 9.47 Å². The van der Waals surface area contributed by atoms with Crippen LogP contribution in [0.1, 0.15) is 31.0 Å². The van der Waals surface area contributed by atoms with Crippen LogP contribution in [0.4, 0.5) is 4.79 Å². The Morgan fingerprint density at radius 1 is 1.17 bits per heavy atom. The lowest BCUT2D eigenvalue weighted by Crippen LogP contribution is -2.43. The monoisotopic (exact) mass is 395 g/mol. The molecule has 29 heavy (non-hydrogen) atoms. The van der Waals surface area contributed by atoms with E-state index in [0.717, 1.165) is 10.5 Å². The molecular formula is C21H21N3O5. The lowest BCUT2D eigenvalue weighted by molar-refractivity contribution is -0.135. The van der Waals surface area contributed by atoms with Gasteiger partial charge in [0.1, 0.15) is 12.1 Å². The highest BCUT2D eigenvalue weighted by Gasteiger charge is 2.49. The van der Waals surface area contributed by atoms with Crippen LogP contribution in [0.3, 0.4) is 0 Å². The van der Waals surface area contributed by atoms with Crippen LogP contribution in [-0.4, -0.2) is 36.1 Å². The standard InChI is InChI=1S/C21H21N3O5/c1-13(14-8-9-16-17(10-14)29-12-28-16)22-18(25)11-24-19(26)21(2,23-20(24)27)15-6-4-3-5-7-15/h3-10,13H,11-12H2,1-2H3,(H,22,25)(H,23,27). The second-order valence-corrected chi connectivity index (χ2v) is 7.21. The summed E-state index contributed by atoms with van der Waals surface area (Å²) in [4.78, 5) is 38.7. The quantitative estimate of drug-likeness (QED) is 0.756. The summed E-state index contributed by atoms with van der Waals surface area (Å²) in [5.41, 5.74) is 0.297. The number of rotatable bonds is 5. The van der Waals surface area contributed by atoms with Gasteiger partial charge in [0.25, 0.3) is 5.91 Å². The number of nitrogens with one attached hydrogen (secondary N) is 2. The van der Waals surface area contributed by atoms with E-state index in [1.165, 1.54) is 0 Å². The van der Waals surface area contributed by atoms with Crippen molar-refractivity contribution in [3.05, 3.63) is 59.7 Å². The van der Waals surface area contributed by atoms with Gasteiger partial charge >= 0.3 is 6.03 Å². The highest BCUT2D eigenvalue weighted by atomic mass is 16.7. The van der Waals surface area contributed by atoms with Gasteiger partial charge in [-0.3, -0.25) is 14.5 Å². The Bertz CT molecular complexity index is 978. The molecule has 0 radical (unpaired) electrons. The van der Waals surface area contributed by atoms with Gasteiger partial charge in [0, 0.05) is 0 Å². The number of imide groups is 1. The first-order valence-corrected chi connectivity index (χ1v) is 9.27. The molecule has 1 fully saturated rings. The Morgan fingerprint density at radius 2 is 1.90 bits per heavy atom. The zero-order valence-corrected chi connectivity index (χ0v) is 16.1. The van der Waals surface area contributed by atoms with Crippen molar-refractivity contribution >= 4 is 17.8 Å². The minimum Gasteiger partial charge on any atom is -0.454 e. The lowest BCUT2D eigenvalue weighted by atomic mass is 9.92. The van der Waals surface area contributed by atoms with Crippen LogP contribution in [-0.2, 0) is 15.1 Å². The van der Waals surface area contributed by atoms with Crippen LogP contribution < -0.4 is 20.1 Å². The Kier molecular flexibility index (Phi) is 4.62. The van der Waals surface area contributed by atoms with E-state index in [9.17, 15) is 14.4 Å². The smallest absolute Gasteiger partial charge is 0.325 e. The topological polar surface area (TPSA) is 97.0 Å². The maximum atomic E-state index is 12.9. The van der Waals surface area contributed by atoms with Crippen molar-refractivity contribution in [2.75, 3.05) is 13.3 Å². The van der Waals surface area contributed by atoms with Crippen molar-refractivity contribution in [3.8, 4) is 11.5 Å². The maximum Gasteiger partial charge on any atom is 0.325 e. The molecule has 2 unspecified atom stereocenters. The Labute approximate surface area is 167 Å². The number of fused-ring (bicyclic) bond motifs is 1. The molecule has 8 heteroatoms. The molecule has 0 bridgehead atoms. The number of carbonyl (C=O) groups is 3. The zero-order valence-electron chi connectivity index (χ0n) is 16.1. The first-order chi connectivity index (χ1) is 13.9. The van der Waals surface area contributed by atoms with E-state index in [0.29, 0.717) is 17.1 Å². The number of hydrogen-bond acceptors (Lipinski definition) is 5. The third-order valence-electron chi connectivity index (χ3n) is 5.20. The van der Waals surface area contributed by atoms with Crippen molar-refractivity contribution in [2.24, 2.45) is 0 Å². The minimum atomic E-state index is -1.19. The molecule has 150 valence electrons. The van der Waals surface area contributed by atoms with E-state index in [-0.39, 0.29) is 19.4 Å². The highest BCUT2D eigenvalue weighted by Crippen LogP contribution is 2.34. The first-order valence-electron chi connectivity index (χ1n) is 9.27. The fourth-order valence-electron chi connectivity index (χ4n) is 3.50. The van der Waals surface area contributed by atoms with Gasteiger partial charge in [0.15, 0.2) is 11.5 Å². The van der Waals surface area contributed by atoms with Gasteiger partial charge in [-0.2, -0.15) is 0 Å². The molecule has 0 aromatic heterocycles. The minimum absolute atomic E-state index is 0.173. The third-order valence-corrected chi connectivity index (χ3v) is 5.20. The number of benzene rings is 2. The maximum absolute atomic E-state index is 12.9. The molecule has 2 N–H and O–H groups in total. The number of nitrogens with zero attached hydrogens (tertiary/aromatic N) is 1. The summed E-state index contributed by atoms with van der Waals surface area (Å²) < 4.78 is 10.6. The molecule has 4 amide bonds. The van der Waals surface area contributed by atoms with Gasteiger partial charge in [-0.15, -0.1) is 0 Å². The van der Waals surface area contributed by atoms with Gasteiger partial charge < -0.3 is 20.1 Å². The molecule has 0 aliphatic carbocycles. The van der Waals surface area contributed by atoms with E-state index in [2.05, 4.69) is 10.6 Å². The van der Waals surface area contributed by atoms with Crippen molar-refractivity contribution in [1.82, 2.24) is 15.5 Å². The molecule has 2 atom stereocenters. The number of ether oxygens (including phenoxy) is 2. The van der Waals surface area contributed by atoms with E-state index >= 15 is 0 Å². The second kappa shape index (κ2) is 7.12. The molecular weight excluding hydrogens is 374 g/mol. The van der Waals surface area contributed by atoms with Crippen LogP contribution in [0, 0.1) is 0 Å². The largest absolute Gasteiger partial charge is 0.454 e. The van der Waals surface area contributed by atoms with Crippen LogP contribution in [0.15, 0.2) is 48.5 Å². The van der Waals surface area contributed by atoms with E-state index in [1.54, 1.807) is 43.3 Å². The van der Waals surface area contributed by atoms with Crippen LogP contribution in [0.25, 0.3) is 0 Å². The summed E-state index contributed by atoms with van der Waals surface area (Å²) in [5, 5.41) is 5.51. The molecule has 2 heterocycles. The van der Waals surface area contributed by atoms with Gasteiger partial charge in [0.2, 0.25) is 12.7 Å². The molecule has 2 aliphatic heterocycles. The van der Waals surface area contributed by atoms with Crippen molar-refractivity contribution in [3.63, 3.8) is 0 Å². The molecule has 8 nitrogen and oxygen atoms in total. The van der Waals surface area contributed by atoms with Crippen LogP contribution in [0.5, 0.6) is 11.5 Å². The Hall–Kier alpha value is -3.55. The number of carbonyl (C=O) groups excluding carboxylic acids is 3. The summed E-state index contributed by atoms with van der Waals surface area (Å²) in [6.07, 6.45) is 0. The lowest BCUT2D eigenvalue weighted by Gasteiger charge is -2.22. The highest BCUT2D eigenvalue weighted by molar-refractivity contribution is 6.09. The molecule has 2 aliphatic rings. The average Bonchev–Trinajstić information content (AvgIpc) is 3.27. The summed E-state index contributed by atoms with van der Waals surface area (Å²) >= 11 is 0. The summed E-state index contributed by atoms with van der Waals surface area (Å²) in [5.74, 6) is 0.388. The first kappa shape index (κ1) is 18.8. The third kappa shape index (κ3) is 3.37. The molecule has 0 spiro atoms. The predicted octanol–water partition coefficient (Wildman–Crippen LogP) is 2.06. The Balaban J connectivity index is 1.43. The predicted molar refractivity (Wildman–Crippen MR) is 103 cm³/mol. The van der Waals surface area contributed by atoms with Crippen LogP contribution >= 0.6 is 0 Å². The molecule has 0 saturated carbocycles. The number of hydrogen-bond donors (Lipinski definition) is 2. The van der Waals surface area contributed by atoms with Gasteiger partial charge in [-0.25, -0.2) is 4.79 Å². The van der Waals surface area contributed by atoms with Crippen molar-refractivity contribution in [1.29, 1.82) is 0 Å². The molecule has 4 rings (SSSR count). The summed E-state index contributed by atoms with van der Waals surface area (Å²) in [6.45, 7) is 3.26. The SMILES string of the molecule is CC(NC(=O)CN1C(=O)NC(C)(c2ccccc2)C1=O)c1ccc2c(c1)OCO2. The normalized spacial score (nSPS) is 21.1. The average molecular weight is 395 g/mol. The fourth-order valence-corrected chi connectivity index (χ4v) is 3.50. The summed E-state index contributed by atoms with van der Waals surface area (Å²) in [6, 6.07) is 13.4. The zero-order chi connectivity index (χ0) is 20.6. The Morgan fingerprint density at radius 3 is 2.66 bits per heavy atom. The van der Waals surface area contributed by atoms with E-state index in [1.807, 2.05) is 19.1 Å². The van der Waals surface area contributed by atoms with Gasteiger partial charge in [-0.05, 0) is 37.1 Å². The van der Waals surface area contributed by atoms with Gasteiger partial charge in [-0.1, -0.05) is 36.4 Å².